The quantitative estimate of drug-likeness (QED) is 0.259. The number of hydrogen-bond donors (Lipinski definition) is 1. The van der Waals surface area contributed by atoms with Gasteiger partial charge in [0.25, 0.3) is 0 Å². The van der Waals surface area contributed by atoms with Crippen molar-refractivity contribution in [2.45, 2.75) is 44.8 Å². The Labute approximate surface area is 222 Å². The van der Waals surface area contributed by atoms with Crippen LogP contribution in [0, 0.1) is 0 Å². The number of carbonyl (C=O) groups excluding carboxylic acids is 2. The molecule has 3 rings (SSSR count). The van der Waals surface area contributed by atoms with Crippen LogP contribution in [-0.2, 0) is 34.3 Å². The predicted molar refractivity (Wildman–Crippen MR) is 134 cm³/mol. The fraction of sp³-hybridized carbons (Fsp3) is 0.320. The van der Waals surface area contributed by atoms with E-state index in [1.165, 1.54) is 24.0 Å². The summed E-state index contributed by atoms with van der Waals surface area (Å²) >= 11 is 6.19. The third kappa shape index (κ3) is 6.61. The largest absolute Gasteiger partial charge is 0.511 e. The van der Waals surface area contributed by atoms with E-state index in [-0.39, 0.29) is 28.5 Å². The molecule has 3 aromatic rings. The first-order chi connectivity index (χ1) is 17.9. The number of nitrogens with zero attached hydrogens (tertiary/aromatic N) is 2. The minimum absolute atomic E-state index is 0.0813. The van der Waals surface area contributed by atoms with Gasteiger partial charge >= 0.3 is 21.5 Å². The molecule has 38 heavy (non-hydrogen) atoms. The third-order valence-electron chi connectivity index (χ3n) is 5.72. The average Bonchev–Trinajstić information content (AvgIpc) is 3.18. The van der Waals surface area contributed by atoms with E-state index in [4.69, 9.17) is 16.3 Å². The van der Waals surface area contributed by atoms with Crippen molar-refractivity contribution in [3.8, 4) is 0 Å². The van der Waals surface area contributed by atoms with E-state index in [1.54, 1.807) is 41.0 Å². The fourth-order valence-corrected chi connectivity index (χ4v) is 4.46. The number of rotatable bonds is 11. The molecule has 0 aliphatic rings. The molecule has 204 valence electrons. The monoisotopic (exact) mass is 571 g/mol. The minimum Gasteiger partial charge on any atom is -0.465 e. The van der Waals surface area contributed by atoms with Gasteiger partial charge in [-0.05, 0) is 18.1 Å². The topological polar surface area (TPSA) is 107 Å². The normalized spacial score (nSPS) is 11.9. The zero-order chi connectivity index (χ0) is 28.1. The standard InChI is InChI=1S/C25H25ClF3N3O5S/c1-3-4-9-21-31-23(26)20(14-30-38(35,36)25(27,28)29)32(21)15-16-10-12-17(13-11-16)22(33)18-7-5-6-8-19(18)24(34)37-2/h5-8,10-13,30H,3-4,9,14-15H2,1-2H3. The molecule has 8 nitrogen and oxygen atoms in total. The molecule has 0 saturated carbocycles. The molecule has 0 fully saturated rings. The van der Waals surface area contributed by atoms with Gasteiger partial charge in [0.05, 0.1) is 24.9 Å². The molecule has 0 amide bonds. The Hall–Kier alpha value is -3.22. The average molecular weight is 572 g/mol. The van der Waals surface area contributed by atoms with E-state index in [0.717, 1.165) is 12.8 Å². The zero-order valence-corrected chi connectivity index (χ0v) is 22.1. The number of ketones is 1. The van der Waals surface area contributed by atoms with E-state index in [9.17, 15) is 31.2 Å². The van der Waals surface area contributed by atoms with Gasteiger partial charge in [-0.15, -0.1) is 0 Å². The number of hydrogen-bond acceptors (Lipinski definition) is 6. The van der Waals surface area contributed by atoms with Crippen molar-refractivity contribution in [2.24, 2.45) is 0 Å². The fourth-order valence-electron chi connectivity index (χ4n) is 3.70. The molecular weight excluding hydrogens is 547 g/mol. The number of esters is 1. The molecular formula is C25H25ClF3N3O5S. The Bertz CT molecular complexity index is 1420. The summed E-state index contributed by atoms with van der Waals surface area (Å²) in [5.74, 6) is -0.546. The van der Waals surface area contributed by atoms with Crippen LogP contribution in [0.25, 0.3) is 0 Å². The van der Waals surface area contributed by atoms with E-state index in [1.807, 2.05) is 6.92 Å². The van der Waals surface area contributed by atoms with Crippen LogP contribution >= 0.6 is 11.6 Å². The lowest BCUT2D eigenvalue weighted by atomic mass is 9.97. The molecule has 0 aliphatic carbocycles. The third-order valence-corrected chi connectivity index (χ3v) is 7.16. The number of halogens is 4. The number of aromatic nitrogens is 2. The molecule has 2 aromatic carbocycles. The van der Waals surface area contributed by atoms with Crippen LogP contribution in [0.5, 0.6) is 0 Å². The molecule has 1 heterocycles. The number of alkyl halides is 3. The van der Waals surface area contributed by atoms with Crippen molar-refractivity contribution >= 4 is 33.4 Å². The summed E-state index contributed by atoms with van der Waals surface area (Å²) < 4.78 is 69.3. The molecule has 0 saturated heterocycles. The van der Waals surface area contributed by atoms with E-state index in [2.05, 4.69) is 4.98 Å². The van der Waals surface area contributed by atoms with Gasteiger partial charge in [-0.25, -0.2) is 22.9 Å². The summed E-state index contributed by atoms with van der Waals surface area (Å²) in [6.45, 7) is 1.37. The number of methoxy groups -OCH3 is 1. The summed E-state index contributed by atoms with van der Waals surface area (Å²) in [5, 5.41) is -0.104. The van der Waals surface area contributed by atoms with Gasteiger partial charge in [0.15, 0.2) is 10.9 Å². The maximum absolute atomic E-state index is 13.0. The lowest BCUT2D eigenvalue weighted by Crippen LogP contribution is -2.36. The molecule has 0 aliphatic heterocycles. The highest BCUT2D eigenvalue weighted by Crippen LogP contribution is 2.25. The van der Waals surface area contributed by atoms with Gasteiger partial charge in [-0.2, -0.15) is 13.2 Å². The van der Waals surface area contributed by atoms with E-state index >= 15 is 0 Å². The van der Waals surface area contributed by atoms with Crippen molar-refractivity contribution in [1.82, 2.24) is 14.3 Å². The molecule has 0 unspecified atom stereocenters. The van der Waals surface area contributed by atoms with Gasteiger partial charge in [0.1, 0.15) is 5.82 Å². The second-order valence-electron chi connectivity index (χ2n) is 8.29. The summed E-state index contributed by atoms with van der Waals surface area (Å²) in [4.78, 5) is 29.3. The summed E-state index contributed by atoms with van der Waals surface area (Å²) in [6, 6.07) is 12.7. The Morgan fingerprint density at radius 2 is 1.71 bits per heavy atom. The van der Waals surface area contributed by atoms with Crippen molar-refractivity contribution in [3.63, 3.8) is 0 Å². The van der Waals surface area contributed by atoms with Crippen LogP contribution in [0.3, 0.4) is 0 Å². The van der Waals surface area contributed by atoms with Crippen LogP contribution in [-0.4, -0.2) is 42.3 Å². The van der Waals surface area contributed by atoms with Crippen LogP contribution < -0.4 is 4.72 Å². The number of unbranched alkanes of at least 4 members (excludes halogenated alkanes) is 1. The van der Waals surface area contributed by atoms with E-state index < -0.39 is 33.8 Å². The van der Waals surface area contributed by atoms with Gasteiger partial charge in [0, 0.05) is 24.1 Å². The van der Waals surface area contributed by atoms with Crippen LogP contribution in [0.1, 0.15) is 63.1 Å². The highest BCUT2D eigenvalue weighted by molar-refractivity contribution is 7.90. The maximum atomic E-state index is 13.0. The highest BCUT2D eigenvalue weighted by Gasteiger charge is 2.45. The summed E-state index contributed by atoms with van der Waals surface area (Å²) in [6.07, 6.45) is 2.03. The van der Waals surface area contributed by atoms with Gasteiger partial charge in [0.2, 0.25) is 0 Å². The van der Waals surface area contributed by atoms with Gasteiger partial charge in [-0.1, -0.05) is 67.4 Å². The predicted octanol–water partition coefficient (Wildman–Crippen LogP) is 4.88. The Morgan fingerprint density at radius 3 is 2.29 bits per heavy atom. The lowest BCUT2D eigenvalue weighted by molar-refractivity contribution is -0.0448. The smallest absolute Gasteiger partial charge is 0.465 e. The maximum Gasteiger partial charge on any atom is 0.511 e. The molecule has 0 atom stereocenters. The van der Waals surface area contributed by atoms with Crippen LogP contribution in [0.15, 0.2) is 48.5 Å². The Kier molecular flexibility index (Phi) is 9.34. The number of ether oxygens (including phenoxy) is 1. The van der Waals surface area contributed by atoms with Gasteiger partial charge < -0.3 is 9.30 Å². The van der Waals surface area contributed by atoms with E-state index in [0.29, 0.717) is 23.4 Å². The van der Waals surface area contributed by atoms with Crippen LogP contribution in [0.2, 0.25) is 5.15 Å². The lowest BCUT2D eigenvalue weighted by Gasteiger charge is -2.14. The second-order valence-corrected chi connectivity index (χ2v) is 10.4. The molecule has 0 spiro atoms. The molecule has 0 bridgehead atoms. The van der Waals surface area contributed by atoms with Gasteiger partial charge in [-0.3, -0.25) is 4.79 Å². The Morgan fingerprint density at radius 1 is 1.08 bits per heavy atom. The van der Waals surface area contributed by atoms with Crippen molar-refractivity contribution < 1.29 is 35.9 Å². The SMILES string of the molecule is CCCCc1nc(Cl)c(CNS(=O)(=O)C(F)(F)F)n1Cc1ccc(C(=O)c2ccccc2C(=O)OC)cc1. The number of nitrogens with one attached hydrogen (secondary N) is 1. The number of sulfonamides is 1. The van der Waals surface area contributed by atoms with Crippen molar-refractivity contribution in [1.29, 1.82) is 0 Å². The second kappa shape index (κ2) is 12.1. The first-order valence-electron chi connectivity index (χ1n) is 11.5. The van der Waals surface area contributed by atoms with Crippen molar-refractivity contribution in [3.05, 3.63) is 87.5 Å². The molecule has 1 N–H and O–H groups in total. The number of imidazole rings is 1. The molecule has 13 heteroatoms. The molecule has 0 radical (unpaired) electrons. The Balaban J connectivity index is 1.89. The highest BCUT2D eigenvalue weighted by atomic mass is 35.5. The van der Waals surface area contributed by atoms with Crippen molar-refractivity contribution in [2.75, 3.05) is 7.11 Å². The first kappa shape index (κ1) is 29.3. The summed E-state index contributed by atoms with van der Waals surface area (Å²) in [7, 11) is -4.36. The molecule has 1 aromatic heterocycles. The zero-order valence-electron chi connectivity index (χ0n) is 20.5. The number of aryl methyl sites for hydroxylation is 1. The minimum atomic E-state index is -5.58. The number of benzene rings is 2. The van der Waals surface area contributed by atoms with Crippen LogP contribution in [0.4, 0.5) is 13.2 Å². The first-order valence-corrected chi connectivity index (χ1v) is 13.4. The number of carbonyl (C=O) groups is 2. The summed E-state index contributed by atoms with van der Waals surface area (Å²) in [5.41, 5.74) is -4.12.